The fourth-order valence-electron chi connectivity index (χ4n) is 1.67. The Balaban J connectivity index is 2.12. The van der Waals surface area contributed by atoms with Gasteiger partial charge in [-0.05, 0) is 48.2 Å². The number of aromatic nitrogens is 1. The first kappa shape index (κ1) is 11.9. The topological polar surface area (TPSA) is 38.9 Å². The molecule has 0 amide bonds. The highest BCUT2D eigenvalue weighted by molar-refractivity contribution is 6.30. The average Bonchev–Trinajstić information content (AvgIpc) is 2.32. The maximum atomic E-state index is 13.5. The van der Waals surface area contributed by atoms with E-state index in [0.717, 1.165) is 5.56 Å². The minimum Gasteiger partial charge on any atom is -0.383 e. The zero-order valence-corrected chi connectivity index (χ0v) is 9.91. The van der Waals surface area contributed by atoms with E-state index >= 15 is 0 Å². The molecule has 2 nitrogen and oxygen atoms in total. The Kier molecular flexibility index (Phi) is 3.59. The first-order valence-electron chi connectivity index (χ1n) is 5.30. The van der Waals surface area contributed by atoms with Gasteiger partial charge in [0.1, 0.15) is 11.6 Å². The fourth-order valence-corrected chi connectivity index (χ4v) is 1.86. The van der Waals surface area contributed by atoms with Crippen LogP contribution in [0.15, 0.2) is 36.5 Å². The third kappa shape index (κ3) is 2.94. The number of aryl methyl sites for hydroxylation is 2. The third-order valence-electron chi connectivity index (χ3n) is 2.60. The van der Waals surface area contributed by atoms with Crippen molar-refractivity contribution < 1.29 is 4.39 Å². The minimum absolute atomic E-state index is 0.239. The van der Waals surface area contributed by atoms with Gasteiger partial charge in [0.25, 0.3) is 0 Å². The molecule has 0 spiro atoms. The van der Waals surface area contributed by atoms with Crippen LogP contribution in [0.1, 0.15) is 11.1 Å². The molecule has 2 aromatic rings. The largest absolute Gasteiger partial charge is 0.383 e. The van der Waals surface area contributed by atoms with Crippen LogP contribution in [0.3, 0.4) is 0 Å². The fraction of sp³-hybridized carbons (Fsp3) is 0.154. The zero-order valence-electron chi connectivity index (χ0n) is 9.16. The summed E-state index contributed by atoms with van der Waals surface area (Å²) in [5.74, 6) is 0.256. The molecule has 1 aromatic heterocycles. The van der Waals surface area contributed by atoms with E-state index in [2.05, 4.69) is 4.98 Å². The quantitative estimate of drug-likeness (QED) is 0.908. The van der Waals surface area contributed by atoms with Crippen molar-refractivity contribution in [2.75, 3.05) is 5.73 Å². The van der Waals surface area contributed by atoms with Crippen molar-refractivity contribution in [3.8, 4) is 0 Å². The highest BCUT2D eigenvalue weighted by Crippen LogP contribution is 2.18. The number of nitrogens with zero attached hydrogens (tertiary/aromatic N) is 1. The van der Waals surface area contributed by atoms with Gasteiger partial charge in [0.15, 0.2) is 0 Å². The van der Waals surface area contributed by atoms with Crippen molar-refractivity contribution in [3.05, 3.63) is 58.5 Å². The minimum atomic E-state index is -0.239. The summed E-state index contributed by atoms with van der Waals surface area (Å²) in [5.41, 5.74) is 7.24. The Morgan fingerprint density at radius 2 is 1.94 bits per heavy atom. The number of hydrogen-bond donors (Lipinski definition) is 1. The van der Waals surface area contributed by atoms with Crippen LogP contribution in [0.4, 0.5) is 10.2 Å². The molecule has 0 saturated heterocycles. The van der Waals surface area contributed by atoms with Crippen LogP contribution in [0, 0.1) is 5.82 Å². The summed E-state index contributed by atoms with van der Waals surface area (Å²) in [6.45, 7) is 0. The van der Waals surface area contributed by atoms with Crippen LogP contribution in [-0.4, -0.2) is 4.98 Å². The van der Waals surface area contributed by atoms with Gasteiger partial charge in [-0.25, -0.2) is 9.37 Å². The lowest BCUT2D eigenvalue weighted by atomic mass is 10.0. The van der Waals surface area contributed by atoms with E-state index in [9.17, 15) is 4.39 Å². The molecule has 0 atom stereocenters. The first-order valence-corrected chi connectivity index (χ1v) is 5.68. The monoisotopic (exact) mass is 250 g/mol. The molecule has 0 aliphatic heterocycles. The zero-order chi connectivity index (χ0) is 12.3. The summed E-state index contributed by atoms with van der Waals surface area (Å²) in [5, 5.41) is 0.542. The van der Waals surface area contributed by atoms with Gasteiger partial charge in [-0.15, -0.1) is 0 Å². The number of benzene rings is 1. The van der Waals surface area contributed by atoms with Crippen LogP contribution in [0.25, 0.3) is 0 Å². The van der Waals surface area contributed by atoms with Crippen molar-refractivity contribution >= 4 is 17.4 Å². The molecule has 1 aromatic carbocycles. The maximum absolute atomic E-state index is 13.5. The predicted molar refractivity (Wildman–Crippen MR) is 67.5 cm³/mol. The number of rotatable bonds is 3. The Bertz CT molecular complexity index is 529. The van der Waals surface area contributed by atoms with E-state index in [1.54, 1.807) is 18.3 Å². The van der Waals surface area contributed by atoms with Gasteiger partial charge in [-0.1, -0.05) is 17.7 Å². The van der Waals surface area contributed by atoms with Crippen molar-refractivity contribution in [2.45, 2.75) is 12.8 Å². The molecule has 88 valence electrons. The highest BCUT2D eigenvalue weighted by Gasteiger charge is 2.05. The van der Waals surface area contributed by atoms with Crippen molar-refractivity contribution in [3.63, 3.8) is 0 Å². The van der Waals surface area contributed by atoms with E-state index in [0.29, 0.717) is 29.2 Å². The first-order chi connectivity index (χ1) is 8.16. The number of pyridine rings is 1. The standard InChI is InChI=1S/C13H12ClFN2/c14-11-5-6-12(15)10(8-11)4-3-9-2-1-7-17-13(9)16/h1-2,5-8H,3-4H2,(H2,16,17). The number of hydrogen-bond acceptors (Lipinski definition) is 2. The van der Waals surface area contributed by atoms with Crippen LogP contribution in [-0.2, 0) is 12.8 Å². The second-order valence-corrected chi connectivity index (χ2v) is 4.22. The molecule has 0 saturated carbocycles. The summed E-state index contributed by atoms with van der Waals surface area (Å²) >= 11 is 5.83. The van der Waals surface area contributed by atoms with Crippen LogP contribution >= 0.6 is 11.6 Å². The van der Waals surface area contributed by atoms with E-state index in [-0.39, 0.29) is 5.82 Å². The molecule has 1 heterocycles. The molecular formula is C13H12ClFN2. The van der Waals surface area contributed by atoms with Gasteiger partial charge in [0.2, 0.25) is 0 Å². The number of nitrogen functional groups attached to an aromatic ring is 1. The molecule has 0 unspecified atom stereocenters. The molecule has 0 bridgehead atoms. The summed E-state index contributed by atoms with van der Waals surface area (Å²) in [7, 11) is 0. The maximum Gasteiger partial charge on any atom is 0.126 e. The van der Waals surface area contributed by atoms with Gasteiger partial charge in [0.05, 0.1) is 0 Å². The van der Waals surface area contributed by atoms with Crippen LogP contribution in [0.5, 0.6) is 0 Å². The van der Waals surface area contributed by atoms with E-state index < -0.39 is 0 Å². The van der Waals surface area contributed by atoms with Crippen LogP contribution < -0.4 is 5.73 Å². The molecule has 2 N–H and O–H groups in total. The Morgan fingerprint density at radius 1 is 1.18 bits per heavy atom. The van der Waals surface area contributed by atoms with E-state index in [1.165, 1.54) is 6.07 Å². The van der Waals surface area contributed by atoms with Crippen molar-refractivity contribution in [2.24, 2.45) is 0 Å². The molecule has 4 heteroatoms. The van der Waals surface area contributed by atoms with Crippen LogP contribution in [0.2, 0.25) is 5.02 Å². The van der Waals surface area contributed by atoms with Crippen molar-refractivity contribution in [1.29, 1.82) is 0 Å². The summed E-state index contributed by atoms with van der Waals surface area (Å²) in [6.07, 6.45) is 2.85. The van der Waals surface area contributed by atoms with Gasteiger partial charge in [-0.2, -0.15) is 0 Å². The molecule has 2 rings (SSSR count). The smallest absolute Gasteiger partial charge is 0.126 e. The third-order valence-corrected chi connectivity index (χ3v) is 2.83. The van der Waals surface area contributed by atoms with Gasteiger partial charge in [-0.3, -0.25) is 0 Å². The van der Waals surface area contributed by atoms with E-state index in [4.69, 9.17) is 17.3 Å². The number of anilines is 1. The van der Waals surface area contributed by atoms with Gasteiger partial charge >= 0.3 is 0 Å². The molecule has 0 aliphatic rings. The van der Waals surface area contributed by atoms with Crippen molar-refractivity contribution in [1.82, 2.24) is 4.98 Å². The van der Waals surface area contributed by atoms with Gasteiger partial charge < -0.3 is 5.73 Å². The van der Waals surface area contributed by atoms with E-state index in [1.807, 2.05) is 12.1 Å². The SMILES string of the molecule is Nc1ncccc1CCc1cc(Cl)ccc1F. The lowest BCUT2D eigenvalue weighted by molar-refractivity contribution is 0.608. The summed E-state index contributed by atoms with van der Waals surface area (Å²) in [6, 6.07) is 8.28. The molecule has 0 radical (unpaired) electrons. The average molecular weight is 251 g/mol. The second kappa shape index (κ2) is 5.15. The van der Waals surface area contributed by atoms with Gasteiger partial charge in [0, 0.05) is 11.2 Å². The summed E-state index contributed by atoms with van der Waals surface area (Å²) < 4.78 is 13.5. The molecule has 0 fully saturated rings. The number of nitrogens with two attached hydrogens (primary N) is 1. The molecular weight excluding hydrogens is 239 g/mol. The Morgan fingerprint density at radius 3 is 2.71 bits per heavy atom. The normalized spacial score (nSPS) is 10.5. The predicted octanol–water partition coefficient (Wildman–Crippen LogP) is 3.24. The Labute approximate surface area is 104 Å². The summed E-state index contributed by atoms with van der Waals surface area (Å²) in [4.78, 5) is 3.99. The number of halogens is 2. The molecule has 17 heavy (non-hydrogen) atoms. The lowest BCUT2D eigenvalue weighted by Gasteiger charge is -2.06. The lowest BCUT2D eigenvalue weighted by Crippen LogP contribution is -2.00. The highest BCUT2D eigenvalue weighted by atomic mass is 35.5. The second-order valence-electron chi connectivity index (χ2n) is 3.78. The molecule has 0 aliphatic carbocycles. The Hall–Kier alpha value is -1.61.